The van der Waals surface area contributed by atoms with Crippen LogP contribution in [0.2, 0.25) is 0 Å². The van der Waals surface area contributed by atoms with Crippen molar-refractivity contribution in [2.75, 3.05) is 5.73 Å². The number of alkyl halides is 2. The second kappa shape index (κ2) is 1.93. The molecule has 0 bridgehead atoms. The molecule has 5 heteroatoms. The van der Waals surface area contributed by atoms with Gasteiger partial charge in [0.15, 0.2) is 0 Å². The Kier molecular flexibility index (Phi) is 1.35. The van der Waals surface area contributed by atoms with Gasteiger partial charge < -0.3 is 5.73 Å². The molecule has 1 rings (SSSR count). The zero-order chi connectivity index (χ0) is 7.78. The van der Waals surface area contributed by atoms with Gasteiger partial charge in [-0.3, -0.25) is 5.10 Å². The summed E-state index contributed by atoms with van der Waals surface area (Å²) in [6, 6.07) is 1.11. The van der Waals surface area contributed by atoms with E-state index in [1.54, 1.807) is 0 Å². The van der Waals surface area contributed by atoms with Crippen LogP contribution in [0.1, 0.15) is 12.6 Å². The van der Waals surface area contributed by atoms with Crippen molar-refractivity contribution in [1.29, 1.82) is 0 Å². The lowest BCUT2D eigenvalue weighted by Crippen LogP contribution is -2.06. The zero-order valence-corrected chi connectivity index (χ0v) is 5.36. The average Bonchev–Trinajstić information content (AvgIpc) is 2.11. The van der Waals surface area contributed by atoms with Gasteiger partial charge in [-0.1, -0.05) is 0 Å². The molecule has 10 heavy (non-hydrogen) atoms. The van der Waals surface area contributed by atoms with Crippen molar-refractivity contribution in [3.8, 4) is 0 Å². The Labute approximate surface area is 56.2 Å². The van der Waals surface area contributed by atoms with Gasteiger partial charge in [0.2, 0.25) is 0 Å². The summed E-state index contributed by atoms with van der Waals surface area (Å²) in [6.07, 6.45) is 0. The lowest BCUT2D eigenvalue weighted by Gasteiger charge is -2.04. The van der Waals surface area contributed by atoms with Crippen molar-refractivity contribution in [3.63, 3.8) is 0 Å². The maximum absolute atomic E-state index is 12.3. The van der Waals surface area contributed by atoms with Crippen LogP contribution in [-0.4, -0.2) is 10.2 Å². The summed E-state index contributed by atoms with van der Waals surface area (Å²) < 4.78 is 24.7. The maximum atomic E-state index is 12.3. The van der Waals surface area contributed by atoms with Crippen LogP contribution in [0.5, 0.6) is 0 Å². The minimum absolute atomic E-state index is 0.0801. The minimum atomic E-state index is -2.88. The van der Waals surface area contributed by atoms with Crippen LogP contribution in [0.15, 0.2) is 6.07 Å². The molecular weight excluding hydrogens is 140 g/mol. The monoisotopic (exact) mass is 147 g/mol. The number of hydrogen-bond donors (Lipinski definition) is 2. The van der Waals surface area contributed by atoms with Gasteiger partial charge in [-0.25, -0.2) is 0 Å². The number of halogens is 2. The molecule has 0 fully saturated rings. The standard InChI is InChI=1S/C5H7F2N3/c1-5(6,7)3-2-4(8)10-9-3/h2H,1H3,(H3,8,9,10). The SMILES string of the molecule is CC(F)(F)c1cc(N)n[nH]1. The first kappa shape index (κ1) is 6.98. The zero-order valence-electron chi connectivity index (χ0n) is 5.36. The van der Waals surface area contributed by atoms with Crippen LogP contribution in [-0.2, 0) is 5.92 Å². The van der Waals surface area contributed by atoms with Crippen LogP contribution in [0.3, 0.4) is 0 Å². The number of hydrogen-bond acceptors (Lipinski definition) is 2. The molecule has 3 N–H and O–H groups in total. The summed E-state index contributed by atoms with van der Waals surface area (Å²) in [5.41, 5.74) is 4.84. The smallest absolute Gasteiger partial charge is 0.286 e. The normalized spacial score (nSPS) is 11.9. The summed E-state index contributed by atoms with van der Waals surface area (Å²) in [7, 11) is 0. The van der Waals surface area contributed by atoms with Crippen molar-refractivity contribution in [3.05, 3.63) is 11.8 Å². The molecule has 3 nitrogen and oxygen atoms in total. The van der Waals surface area contributed by atoms with Crippen LogP contribution in [0.4, 0.5) is 14.6 Å². The first-order valence-electron chi connectivity index (χ1n) is 2.69. The van der Waals surface area contributed by atoms with Crippen molar-refractivity contribution in [2.45, 2.75) is 12.8 Å². The minimum Gasteiger partial charge on any atom is -0.382 e. The number of anilines is 1. The molecule has 0 amide bonds. The molecule has 0 aliphatic heterocycles. The van der Waals surface area contributed by atoms with Crippen LogP contribution >= 0.6 is 0 Å². The molecule has 56 valence electrons. The summed E-state index contributed by atoms with van der Waals surface area (Å²) >= 11 is 0. The van der Waals surface area contributed by atoms with Crippen molar-refractivity contribution >= 4 is 5.82 Å². The Morgan fingerprint density at radius 2 is 2.30 bits per heavy atom. The van der Waals surface area contributed by atoms with E-state index in [2.05, 4.69) is 10.2 Å². The molecule has 0 saturated heterocycles. The molecule has 0 atom stereocenters. The molecule has 1 aromatic heterocycles. The summed E-state index contributed by atoms with van der Waals surface area (Å²) in [5, 5.41) is 5.48. The first-order valence-corrected chi connectivity index (χ1v) is 2.69. The van der Waals surface area contributed by atoms with E-state index in [0.29, 0.717) is 0 Å². The van der Waals surface area contributed by atoms with E-state index >= 15 is 0 Å². The highest BCUT2D eigenvalue weighted by molar-refractivity contribution is 5.29. The Bertz CT molecular complexity index is 225. The Morgan fingerprint density at radius 1 is 1.70 bits per heavy atom. The molecule has 0 aliphatic rings. The van der Waals surface area contributed by atoms with Crippen molar-refractivity contribution in [1.82, 2.24) is 10.2 Å². The predicted molar refractivity (Wildman–Crippen MR) is 32.6 cm³/mol. The quantitative estimate of drug-likeness (QED) is 0.625. The Balaban J connectivity index is 2.96. The number of rotatable bonds is 1. The van der Waals surface area contributed by atoms with Crippen LogP contribution in [0.25, 0.3) is 0 Å². The number of nitrogens with two attached hydrogens (primary N) is 1. The third-order valence-electron chi connectivity index (χ3n) is 1.07. The van der Waals surface area contributed by atoms with Gasteiger partial charge in [-0.15, -0.1) is 0 Å². The van der Waals surface area contributed by atoms with Gasteiger partial charge in [0.1, 0.15) is 11.5 Å². The number of H-pyrrole nitrogens is 1. The number of nitrogens with one attached hydrogen (secondary N) is 1. The molecule has 0 spiro atoms. The highest BCUT2D eigenvalue weighted by Gasteiger charge is 2.26. The fraction of sp³-hybridized carbons (Fsp3) is 0.400. The Morgan fingerprint density at radius 3 is 2.50 bits per heavy atom. The van der Waals surface area contributed by atoms with E-state index in [1.165, 1.54) is 0 Å². The third kappa shape index (κ3) is 1.23. The van der Waals surface area contributed by atoms with Gasteiger partial charge >= 0.3 is 0 Å². The van der Waals surface area contributed by atoms with Gasteiger partial charge in [-0.05, 0) is 0 Å². The second-order valence-corrected chi connectivity index (χ2v) is 2.09. The molecule has 1 heterocycles. The van der Waals surface area contributed by atoms with Gasteiger partial charge in [0, 0.05) is 13.0 Å². The topological polar surface area (TPSA) is 54.7 Å². The summed E-state index contributed by atoms with van der Waals surface area (Å²) in [5.74, 6) is -2.80. The van der Waals surface area contributed by atoms with Gasteiger partial charge in [-0.2, -0.15) is 13.9 Å². The molecule has 0 aliphatic carbocycles. The Hall–Kier alpha value is -1.13. The third-order valence-corrected chi connectivity index (χ3v) is 1.07. The van der Waals surface area contributed by atoms with E-state index in [0.717, 1.165) is 13.0 Å². The molecule has 0 saturated carbocycles. The van der Waals surface area contributed by atoms with Gasteiger partial charge in [0.05, 0.1) is 0 Å². The highest BCUT2D eigenvalue weighted by atomic mass is 19.3. The lowest BCUT2D eigenvalue weighted by molar-refractivity contribution is 0.0127. The highest BCUT2D eigenvalue weighted by Crippen LogP contribution is 2.25. The molecule has 0 aromatic carbocycles. The second-order valence-electron chi connectivity index (χ2n) is 2.09. The summed E-state index contributed by atoms with van der Waals surface area (Å²) in [4.78, 5) is 0. The first-order chi connectivity index (χ1) is 4.50. The van der Waals surface area contributed by atoms with Crippen LogP contribution < -0.4 is 5.73 Å². The summed E-state index contributed by atoms with van der Waals surface area (Å²) in [6.45, 7) is 0.778. The van der Waals surface area contributed by atoms with E-state index in [-0.39, 0.29) is 11.5 Å². The number of nitrogens with zero attached hydrogens (tertiary/aromatic N) is 1. The number of aromatic nitrogens is 2. The largest absolute Gasteiger partial charge is 0.382 e. The molecular formula is C5H7F2N3. The molecule has 1 aromatic rings. The number of nitrogen functional groups attached to an aromatic ring is 1. The fourth-order valence-corrected chi connectivity index (χ4v) is 0.562. The predicted octanol–water partition coefficient (Wildman–Crippen LogP) is 1.10. The molecule has 0 radical (unpaired) electrons. The van der Waals surface area contributed by atoms with E-state index in [4.69, 9.17) is 5.73 Å². The molecule has 0 unspecified atom stereocenters. The lowest BCUT2D eigenvalue weighted by atomic mass is 10.3. The number of aromatic amines is 1. The fourth-order valence-electron chi connectivity index (χ4n) is 0.562. The van der Waals surface area contributed by atoms with E-state index in [1.807, 2.05) is 0 Å². The van der Waals surface area contributed by atoms with E-state index < -0.39 is 5.92 Å². The van der Waals surface area contributed by atoms with Gasteiger partial charge in [0.25, 0.3) is 5.92 Å². The maximum Gasteiger partial charge on any atom is 0.286 e. The van der Waals surface area contributed by atoms with Crippen LogP contribution in [0, 0.1) is 0 Å². The van der Waals surface area contributed by atoms with Crippen molar-refractivity contribution in [2.24, 2.45) is 0 Å². The van der Waals surface area contributed by atoms with E-state index in [9.17, 15) is 8.78 Å². The average molecular weight is 147 g/mol. The van der Waals surface area contributed by atoms with Crippen molar-refractivity contribution < 1.29 is 8.78 Å².